The molecule has 4 heteroatoms. The molecule has 0 rings (SSSR count). The highest BCUT2D eigenvalue weighted by Crippen LogP contribution is 1.86. The molecule has 0 heterocycles. The van der Waals surface area contributed by atoms with E-state index in [-0.39, 0.29) is 13.2 Å². The van der Waals surface area contributed by atoms with Crippen LogP contribution in [-0.4, -0.2) is 31.2 Å². The van der Waals surface area contributed by atoms with Gasteiger partial charge in [0, 0.05) is 6.61 Å². The molecule has 0 radical (unpaired) electrons. The van der Waals surface area contributed by atoms with Gasteiger partial charge in [-0.2, -0.15) is 0 Å². The van der Waals surface area contributed by atoms with Gasteiger partial charge in [-0.25, -0.2) is 8.78 Å². The average Bonchev–Trinajstić information content (AvgIpc) is 1.80. The third-order valence-electron chi connectivity index (χ3n) is 0.810. The average molecular weight is 139 g/mol. The minimum atomic E-state index is -2.29. The number of rotatable bonds is 5. The van der Waals surface area contributed by atoms with Gasteiger partial charge in [-0.05, 0) is 13.0 Å². The number of nitrogens with one attached hydrogen (secondary N) is 1. The first-order valence-corrected chi connectivity index (χ1v) is 2.87. The Morgan fingerprint density at radius 1 is 1.44 bits per heavy atom. The topological polar surface area (TPSA) is 32.3 Å². The second-order valence-electron chi connectivity index (χ2n) is 1.67. The lowest BCUT2D eigenvalue weighted by atomic mass is 10.4. The van der Waals surface area contributed by atoms with Gasteiger partial charge in [-0.1, -0.05) is 0 Å². The van der Waals surface area contributed by atoms with Crippen LogP contribution in [0.5, 0.6) is 0 Å². The summed E-state index contributed by atoms with van der Waals surface area (Å²) in [5.41, 5.74) is 0. The van der Waals surface area contributed by atoms with Crippen molar-refractivity contribution in [1.29, 1.82) is 0 Å². The molecule has 0 aliphatic heterocycles. The summed E-state index contributed by atoms with van der Waals surface area (Å²) < 4.78 is 22.7. The first-order valence-electron chi connectivity index (χ1n) is 2.87. The number of aliphatic hydroxyl groups excluding tert-OH is 1. The van der Waals surface area contributed by atoms with Gasteiger partial charge in [0.25, 0.3) is 6.43 Å². The summed E-state index contributed by atoms with van der Waals surface area (Å²) in [7, 11) is 0. The maximum absolute atomic E-state index is 11.3. The molecule has 0 bridgehead atoms. The summed E-state index contributed by atoms with van der Waals surface area (Å²) in [5.74, 6) is 0. The third-order valence-corrected chi connectivity index (χ3v) is 0.810. The minimum absolute atomic E-state index is 0.0518. The van der Waals surface area contributed by atoms with Crippen molar-refractivity contribution >= 4 is 0 Å². The molecule has 0 spiro atoms. The highest BCUT2D eigenvalue weighted by Gasteiger charge is 1.98. The zero-order valence-electron chi connectivity index (χ0n) is 5.11. The number of hydrogen-bond acceptors (Lipinski definition) is 2. The molecule has 0 saturated carbocycles. The Morgan fingerprint density at radius 2 is 2.11 bits per heavy atom. The van der Waals surface area contributed by atoms with E-state index in [0.29, 0.717) is 13.0 Å². The first kappa shape index (κ1) is 8.78. The Morgan fingerprint density at radius 3 is 2.56 bits per heavy atom. The van der Waals surface area contributed by atoms with Crippen LogP contribution in [0.25, 0.3) is 0 Å². The van der Waals surface area contributed by atoms with Gasteiger partial charge in [0.15, 0.2) is 0 Å². The number of halogens is 2. The normalized spacial score (nSPS) is 10.7. The molecule has 0 fully saturated rings. The Labute approximate surface area is 52.9 Å². The Balaban J connectivity index is 2.75. The standard InChI is InChI=1S/C5H11F2NO/c6-5(7)4-8-2-1-3-9/h5,8-9H,1-4H2. The van der Waals surface area contributed by atoms with Crippen molar-refractivity contribution in [2.45, 2.75) is 12.8 Å². The lowest BCUT2D eigenvalue weighted by molar-refractivity contribution is 0.145. The predicted octanol–water partition coefficient (Wildman–Crippen LogP) is 0.224. The van der Waals surface area contributed by atoms with Gasteiger partial charge in [0.2, 0.25) is 0 Å². The van der Waals surface area contributed by atoms with E-state index in [1.807, 2.05) is 0 Å². The van der Waals surface area contributed by atoms with E-state index >= 15 is 0 Å². The smallest absolute Gasteiger partial charge is 0.250 e. The molecule has 0 unspecified atom stereocenters. The summed E-state index contributed by atoms with van der Waals surface area (Å²) in [5, 5.41) is 10.7. The summed E-state index contributed by atoms with van der Waals surface area (Å²) in [4.78, 5) is 0. The molecule has 0 aromatic heterocycles. The summed E-state index contributed by atoms with van der Waals surface area (Å²) in [6.45, 7) is 0.233. The molecule has 9 heavy (non-hydrogen) atoms. The molecular formula is C5H11F2NO. The van der Waals surface area contributed by atoms with E-state index in [2.05, 4.69) is 5.32 Å². The summed E-state index contributed by atoms with van der Waals surface area (Å²) in [6, 6.07) is 0. The molecule has 2 nitrogen and oxygen atoms in total. The van der Waals surface area contributed by atoms with Crippen LogP contribution in [0, 0.1) is 0 Å². The molecule has 0 amide bonds. The summed E-state index contributed by atoms with van der Waals surface area (Å²) >= 11 is 0. The van der Waals surface area contributed by atoms with Crippen molar-refractivity contribution < 1.29 is 13.9 Å². The van der Waals surface area contributed by atoms with Crippen molar-refractivity contribution in [2.75, 3.05) is 19.7 Å². The molecule has 2 N–H and O–H groups in total. The highest BCUT2D eigenvalue weighted by atomic mass is 19.3. The zero-order chi connectivity index (χ0) is 7.11. The molecule has 56 valence electrons. The van der Waals surface area contributed by atoms with Crippen LogP contribution in [0.2, 0.25) is 0 Å². The largest absolute Gasteiger partial charge is 0.396 e. The number of hydrogen-bond donors (Lipinski definition) is 2. The minimum Gasteiger partial charge on any atom is -0.396 e. The molecule has 0 aromatic carbocycles. The molecule has 0 aromatic rings. The molecule has 0 aliphatic carbocycles. The quantitative estimate of drug-likeness (QED) is 0.534. The number of aliphatic hydroxyl groups is 1. The Bertz CT molecular complexity index is 60.9. The Hall–Kier alpha value is -0.220. The van der Waals surface area contributed by atoms with E-state index in [0.717, 1.165) is 0 Å². The first-order chi connectivity index (χ1) is 4.27. The Kier molecular flexibility index (Phi) is 5.76. The fraction of sp³-hybridized carbons (Fsp3) is 1.00. The monoisotopic (exact) mass is 139 g/mol. The van der Waals surface area contributed by atoms with Gasteiger partial charge in [0.05, 0.1) is 6.54 Å². The van der Waals surface area contributed by atoms with Crippen molar-refractivity contribution in [1.82, 2.24) is 5.32 Å². The maximum Gasteiger partial charge on any atom is 0.250 e. The third kappa shape index (κ3) is 7.78. The van der Waals surface area contributed by atoms with Crippen LogP contribution in [0.15, 0.2) is 0 Å². The van der Waals surface area contributed by atoms with Crippen molar-refractivity contribution in [3.8, 4) is 0 Å². The van der Waals surface area contributed by atoms with E-state index in [1.165, 1.54) is 0 Å². The van der Waals surface area contributed by atoms with Gasteiger partial charge in [0.1, 0.15) is 0 Å². The molecule has 0 saturated heterocycles. The second-order valence-corrected chi connectivity index (χ2v) is 1.67. The van der Waals surface area contributed by atoms with E-state index in [1.54, 1.807) is 0 Å². The SMILES string of the molecule is OCCCNCC(F)F. The maximum atomic E-state index is 11.3. The fourth-order valence-corrected chi connectivity index (χ4v) is 0.415. The van der Waals surface area contributed by atoms with Gasteiger partial charge < -0.3 is 10.4 Å². The summed E-state index contributed by atoms with van der Waals surface area (Å²) in [6.07, 6.45) is -1.75. The predicted molar refractivity (Wildman–Crippen MR) is 30.6 cm³/mol. The van der Waals surface area contributed by atoms with Crippen molar-refractivity contribution in [3.05, 3.63) is 0 Å². The molecule has 0 atom stereocenters. The van der Waals surface area contributed by atoms with Crippen LogP contribution in [0.3, 0.4) is 0 Å². The van der Waals surface area contributed by atoms with Gasteiger partial charge >= 0.3 is 0 Å². The van der Waals surface area contributed by atoms with Crippen LogP contribution < -0.4 is 5.32 Å². The lowest BCUT2D eigenvalue weighted by Gasteiger charge is -2.00. The van der Waals surface area contributed by atoms with Crippen LogP contribution in [-0.2, 0) is 0 Å². The van der Waals surface area contributed by atoms with Crippen molar-refractivity contribution in [3.63, 3.8) is 0 Å². The van der Waals surface area contributed by atoms with E-state index in [9.17, 15) is 8.78 Å². The van der Waals surface area contributed by atoms with Crippen LogP contribution in [0.1, 0.15) is 6.42 Å². The molecule has 0 aliphatic rings. The lowest BCUT2D eigenvalue weighted by Crippen LogP contribution is -2.22. The van der Waals surface area contributed by atoms with Crippen LogP contribution >= 0.6 is 0 Å². The van der Waals surface area contributed by atoms with Gasteiger partial charge in [-0.3, -0.25) is 0 Å². The van der Waals surface area contributed by atoms with Gasteiger partial charge in [-0.15, -0.1) is 0 Å². The second kappa shape index (κ2) is 5.91. The van der Waals surface area contributed by atoms with Crippen LogP contribution in [0.4, 0.5) is 8.78 Å². The van der Waals surface area contributed by atoms with E-state index in [4.69, 9.17) is 5.11 Å². The fourth-order valence-electron chi connectivity index (χ4n) is 0.415. The highest BCUT2D eigenvalue weighted by molar-refractivity contribution is 4.47. The van der Waals surface area contributed by atoms with E-state index < -0.39 is 6.43 Å². The van der Waals surface area contributed by atoms with Crippen molar-refractivity contribution in [2.24, 2.45) is 0 Å². The number of alkyl halides is 2. The molecular weight excluding hydrogens is 128 g/mol. The zero-order valence-corrected chi connectivity index (χ0v) is 5.11.